The van der Waals surface area contributed by atoms with Crippen molar-refractivity contribution in [1.29, 1.82) is 0 Å². The van der Waals surface area contributed by atoms with Crippen LogP contribution in [-0.4, -0.2) is 34.2 Å². The lowest BCUT2D eigenvalue weighted by molar-refractivity contribution is -0.121. The lowest BCUT2D eigenvalue weighted by Gasteiger charge is -2.13. The van der Waals surface area contributed by atoms with Crippen LogP contribution in [0.5, 0.6) is 0 Å². The van der Waals surface area contributed by atoms with E-state index in [9.17, 15) is 14.4 Å². The molecule has 3 rings (SSSR count). The molecule has 2 N–H and O–H groups in total. The van der Waals surface area contributed by atoms with Crippen LogP contribution in [0.2, 0.25) is 0 Å². The molecular weight excluding hydrogens is 294 g/mol. The molecule has 1 aliphatic rings. The fraction of sp³-hybridized carbons (Fsp3) is 0.235. The summed E-state index contributed by atoms with van der Waals surface area (Å²) in [7, 11) is 0. The zero-order chi connectivity index (χ0) is 16.2. The summed E-state index contributed by atoms with van der Waals surface area (Å²) in [4.78, 5) is 40.2. The summed E-state index contributed by atoms with van der Waals surface area (Å²) in [6.07, 6.45) is 4.34. The van der Waals surface area contributed by atoms with E-state index in [4.69, 9.17) is 0 Å². The first-order chi connectivity index (χ1) is 11.2. The van der Waals surface area contributed by atoms with Gasteiger partial charge in [-0.15, -0.1) is 0 Å². The first-order valence-corrected chi connectivity index (χ1v) is 7.50. The molecule has 0 unspecified atom stereocenters. The summed E-state index contributed by atoms with van der Waals surface area (Å²) < 4.78 is 0. The van der Waals surface area contributed by atoms with Crippen molar-refractivity contribution in [2.24, 2.45) is 0 Å². The molecule has 0 aliphatic carbocycles. The molecule has 6 nitrogen and oxygen atoms in total. The highest BCUT2D eigenvalue weighted by atomic mass is 16.2. The Labute approximate surface area is 133 Å². The second kappa shape index (κ2) is 6.48. The number of aromatic amines is 1. The number of benzene rings is 1. The average Bonchev–Trinajstić information content (AvgIpc) is 3.16. The van der Waals surface area contributed by atoms with E-state index in [1.807, 2.05) is 12.3 Å². The number of nitrogens with zero attached hydrogens (tertiary/aromatic N) is 1. The Hall–Kier alpha value is -2.89. The van der Waals surface area contributed by atoms with Crippen molar-refractivity contribution in [3.8, 4) is 0 Å². The Morgan fingerprint density at radius 2 is 1.78 bits per heavy atom. The topological polar surface area (TPSA) is 82.3 Å². The minimum atomic E-state index is -0.279. The van der Waals surface area contributed by atoms with Crippen LogP contribution in [-0.2, 0) is 11.3 Å². The van der Waals surface area contributed by atoms with Crippen molar-refractivity contribution in [3.05, 3.63) is 59.4 Å². The Morgan fingerprint density at radius 1 is 1.09 bits per heavy atom. The van der Waals surface area contributed by atoms with Gasteiger partial charge in [-0.1, -0.05) is 12.1 Å². The molecule has 0 saturated heterocycles. The first-order valence-electron chi connectivity index (χ1n) is 7.50. The molecule has 1 aromatic heterocycles. The number of amides is 3. The average molecular weight is 311 g/mol. The van der Waals surface area contributed by atoms with Gasteiger partial charge in [0.1, 0.15) is 0 Å². The largest absolute Gasteiger partial charge is 0.367 e. The van der Waals surface area contributed by atoms with E-state index in [0.717, 1.165) is 5.56 Å². The third-order valence-corrected chi connectivity index (χ3v) is 3.82. The van der Waals surface area contributed by atoms with Crippen molar-refractivity contribution in [1.82, 2.24) is 15.2 Å². The maximum Gasteiger partial charge on any atom is 0.261 e. The fourth-order valence-electron chi connectivity index (χ4n) is 2.60. The SMILES string of the molecule is O=C(CCCN1C(=O)c2ccccc2C1=O)NCc1cc[nH]c1. The highest BCUT2D eigenvalue weighted by Crippen LogP contribution is 2.22. The van der Waals surface area contributed by atoms with E-state index >= 15 is 0 Å². The van der Waals surface area contributed by atoms with Gasteiger partial charge < -0.3 is 10.3 Å². The van der Waals surface area contributed by atoms with Crippen LogP contribution in [0, 0.1) is 0 Å². The van der Waals surface area contributed by atoms with E-state index in [1.54, 1.807) is 30.5 Å². The van der Waals surface area contributed by atoms with Gasteiger partial charge in [0.25, 0.3) is 11.8 Å². The zero-order valence-electron chi connectivity index (χ0n) is 12.5. The van der Waals surface area contributed by atoms with E-state index in [1.165, 1.54) is 4.90 Å². The first kappa shape index (κ1) is 15.0. The van der Waals surface area contributed by atoms with Gasteiger partial charge in [-0.05, 0) is 30.2 Å². The summed E-state index contributed by atoms with van der Waals surface area (Å²) in [5.41, 5.74) is 1.88. The zero-order valence-corrected chi connectivity index (χ0v) is 12.5. The van der Waals surface area contributed by atoms with E-state index in [2.05, 4.69) is 10.3 Å². The van der Waals surface area contributed by atoms with E-state index in [-0.39, 0.29) is 30.7 Å². The molecule has 1 aromatic carbocycles. The van der Waals surface area contributed by atoms with E-state index < -0.39 is 0 Å². The lowest BCUT2D eigenvalue weighted by atomic mass is 10.1. The van der Waals surface area contributed by atoms with Crippen LogP contribution in [0.15, 0.2) is 42.7 Å². The summed E-state index contributed by atoms with van der Waals surface area (Å²) in [6, 6.07) is 8.67. The third kappa shape index (κ3) is 3.15. The number of nitrogens with one attached hydrogen (secondary N) is 2. The second-order valence-electron chi connectivity index (χ2n) is 5.41. The minimum Gasteiger partial charge on any atom is -0.367 e. The number of rotatable bonds is 6. The molecule has 0 fully saturated rings. The van der Waals surface area contributed by atoms with Gasteiger partial charge in [-0.25, -0.2) is 0 Å². The quantitative estimate of drug-likeness (QED) is 0.797. The standard InChI is InChI=1S/C17H17N3O3/c21-15(19-11-12-7-8-18-10-12)6-3-9-20-16(22)13-4-1-2-5-14(13)17(20)23/h1-2,4-5,7-8,10,18H,3,6,9,11H2,(H,19,21). The summed E-state index contributed by atoms with van der Waals surface area (Å²) >= 11 is 0. The Balaban J connectivity index is 1.47. The van der Waals surface area contributed by atoms with E-state index in [0.29, 0.717) is 24.1 Å². The van der Waals surface area contributed by atoms with Crippen molar-refractivity contribution in [3.63, 3.8) is 0 Å². The number of hydrogen-bond acceptors (Lipinski definition) is 3. The van der Waals surface area contributed by atoms with Crippen LogP contribution in [0.4, 0.5) is 0 Å². The van der Waals surface area contributed by atoms with Gasteiger partial charge in [-0.3, -0.25) is 19.3 Å². The number of imide groups is 1. The van der Waals surface area contributed by atoms with Crippen molar-refractivity contribution >= 4 is 17.7 Å². The van der Waals surface area contributed by atoms with Crippen molar-refractivity contribution in [2.45, 2.75) is 19.4 Å². The van der Waals surface area contributed by atoms with Crippen LogP contribution >= 0.6 is 0 Å². The summed E-state index contributed by atoms with van der Waals surface area (Å²) in [5, 5.41) is 2.80. The molecule has 0 bridgehead atoms. The number of carbonyl (C=O) groups excluding carboxylic acids is 3. The number of hydrogen-bond donors (Lipinski definition) is 2. The number of fused-ring (bicyclic) bond motifs is 1. The van der Waals surface area contributed by atoms with Crippen LogP contribution < -0.4 is 5.32 Å². The summed E-state index contributed by atoms with van der Waals surface area (Å²) in [5.74, 6) is -0.653. The highest BCUT2D eigenvalue weighted by Gasteiger charge is 2.34. The molecule has 2 heterocycles. The Kier molecular flexibility index (Phi) is 4.23. The molecule has 0 saturated carbocycles. The molecule has 0 atom stereocenters. The Morgan fingerprint density at radius 3 is 2.39 bits per heavy atom. The van der Waals surface area contributed by atoms with Gasteiger partial charge in [0.2, 0.25) is 5.91 Å². The molecule has 2 aromatic rings. The van der Waals surface area contributed by atoms with Crippen LogP contribution in [0.25, 0.3) is 0 Å². The molecular formula is C17H17N3O3. The molecule has 1 aliphatic heterocycles. The van der Waals surface area contributed by atoms with Gasteiger partial charge in [0, 0.05) is 31.9 Å². The smallest absolute Gasteiger partial charge is 0.261 e. The monoisotopic (exact) mass is 311 g/mol. The molecule has 23 heavy (non-hydrogen) atoms. The van der Waals surface area contributed by atoms with Gasteiger partial charge in [0.15, 0.2) is 0 Å². The molecule has 0 spiro atoms. The number of aromatic nitrogens is 1. The summed E-state index contributed by atoms with van der Waals surface area (Å²) in [6.45, 7) is 0.721. The Bertz CT molecular complexity index is 702. The van der Waals surface area contributed by atoms with Crippen molar-refractivity contribution < 1.29 is 14.4 Å². The molecule has 0 radical (unpaired) electrons. The van der Waals surface area contributed by atoms with Crippen LogP contribution in [0.1, 0.15) is 39.1 Å². The minimum absolute atomic E-state index is 0.0946. The maximum absolute atomic E-state index is 12.2. The number of H-pyrrole nitrogens is 1. The third-order valence-electron chi connectivity index (χ3n) is 3.82. The van der Waals surface area contributed by atoms with Gasteiger partial charge >= 0.3 is 0 Å². The van der Waals surface area contributed by atoms with Gasteiger partial charge in [0.05, 0.1) is 11.1 Å². The van der Waals surface area contributed by atoms with Gasteiger partial charge in [-0.2, -0.15) is 0 Å². The second-order valence-corrected chi connectivity index (χ2v) is 5.41. The fourth-order valence-corrected chi connectivity index (χ4v) is 2.60. The molecule has 6 heteroatoms. The van der Waals surface area contributed by atoms with Crippen LogP contribution in [0.3, 0.4) is 0 Å². The molecule has 118 valence electrons. The predicted molar refractivity (Wildman–Crippen MR) is 83.7 cm³/mol. The number of carbonyl (C=O) groups is 3. The predicted octanol–water partition coefficient (Wildman–Crippen LogP) is 1.71. The molecule has 3 amide bonds. The lowest BCUT2D eigenvalue weighted by Crippen LogP contribution is -2.32. The normalized spacial score (nSPS) is 13.3. The maximum atomic E-state index is 12.2. The van der Waals surface area contributed by atoms with Crippen molar-refractivity contribution in [2.75, 3.05) is 6.54 Å². The highest BCUT2D eigenvalue weighted by molar-refractivity contribution is 6.21.